The van der Waals surface area contributed by atoms with Gasteiger partial charge < -0.3 is 14.7 Å². The molecule has 1 aromatic rings. The molecule has 0 aromatic heterocycles. The van der Waals surface area contributed by atoms with Gasteiger partial charge in [-0.25, -0.2) is 4.39 Å². The lowest BCUT2D eigenvalue weighted by molar-refractivity contribution is 0.0360. The van der Waals surface area contributed by atoms with Crippen molar-refractivity contribution in [2.75, 3.05) is 26.7 Å². The van der Waals surface area contributed by atoms with Crippen LogP contribution in [0.25, 0.3) is 0 Å². The molecule has 1 fully saturated rings. The molecule has 1 saturated heterocycles. The van der Waals surface area contributed by atoms with E-state index in [-0.39, 0.29) is 5.82 Å². The monoisotopic (exact) mass is 267 g/mol. The van der Waals surface area contributed by atoms with Crippen molar-refractivity contribution in [1.82, 2.24) is 4.90 Å². The molecule has 3 nitrogen and oxygen atoms in total. The van der Waals surface area contributed by atoms with E-state index in [0.717, 1.165) is 32.5 Å². The Morgan fingerprint density at radius 3 is 2.79 bits per heavy atom. The molecule has 1 atom stereocenters. The molecule has 0 aliphatic carbocycles. The normalized spacial score (nSPS) is 19.5. The van der Waals surface area contributed by atoms with Crippen LogP contribution in [0.4, 0.5) is 4.39 Å². The Labute approximate surface area is 114 Å². The summed E-state index contributed by atoms with van der Waals surface area (Å²) < 4.78 is 18.4. The highest BCUT2D eigenvalue weighted by Gasteiger charge is 2.19. The topological polar surface area (TPSA) is 32.7 Å². The van der Waals surface area contributed by atoms with E-state index in [0.29, 0.717) is 18.1 Å². The van der Waals surface area contributed by atoms with Gasteiger partial charge in [0.15, 0.2) is 0 Å². The number of hydrogen-bond donors (Lipinski definition) is 1. The molecule has 0 amide bonds. The Morgan fingerprint density at radius 2 is 2.16 bits per heavy atom. The molecule has 19 heavy (non-hydrogen) atoms. The fourth-order valence-electron chi connectivity index (χ4n) is 2.55. The Bertz CT molecular complexity index is 391. The van der Waals surface area contributed by atoms with Crippen molar-refractivity contribution >= 4 is 0 Å². The van der Waals surface area contributed by atoms with Crippen molar-refractivity contribution in [2.24, 2.45) is 0 Å². The smallest absolute Gasteiger partial charge is 0.123 e. The predicted molar refractivity (Wildman–Crippen MR) is 72.4 cm³/mol. The van der Waals surface area contributed by atoms with Crippen LogP contribution in [0.1, 0.15) is 30.9 Å². The molecule has 106 valence electrons. The lowest BCUT2D eigenvalue weighted by Gasteiger charge is -2.31. The largest absolute Gasteiger partial charge is 0.388 e. The predicted octanol–water partition coefficient (Wildman–Crippen LogP) is 2.36. The van der Waals surface area contributed by atoms with Crippen LogP contribution in [0.5, 0.6) is 0 Å². The number of halogens is 1. The average Bonchev–Trinajstić information content (AvgIpc) is 2.45. The van der Waals surface area contributed by atoms with Crippen LogP contribution in [-0.2, 0) is 4.74 Å². The number of likely N-dealkylation sites (tertiary alicyclic amines) is 1. The quantitative estimate of drug-likeness (QED) is 0.889. The number of benzene rings is 1. The molecule has 1 N–H and O–H groups in total. The van der Waals surface area contributed by atoms with Crippen LogP contribution in [-0.4, -0.2) is 42.9 Å². The van der Waals surface area contributed by atoms with Crippen molar-refractivity contribution in [1.29, 1.82) is 0 Å². The lowest BCUT2D eigenvalue weighted by atomic mass is 10.0. The fourth-order valence-corrected chi connectivity index (χ4v) is 2.55. The van der Waals surface area contributed by atoms with Gasteiger partial charge in [0.2, 0.25) is 0 Å². The number of methoxy groups -OCH3 is 1. The van der Waals surface area contributed by atoms with E-state index in [1.165, 1.54) is 12.1 Å². The first kappa shape index (κ1) is 14.4. The van der Waals surface area contributed by atoms with E-state index >= 15 is 0 Å². The molecule has 4 heteroatoms. The second kappa shape index (κ2) is 6.98. The van der Waals surface area contributed by atoms with Crippen molar-refractivity contribution in [2.45, 2.75) is 31.5 Å². The number of aliphatic hydroxyl groups excluding tert-OH is 1. The first-order valence-electron chi connectivity index (χ1n) is 6.87. The second-order valence-corrected chi connectivity index (χ2v) is 5.14. The summed E-state index contributed by atoms with van der Waals surface area (Å²) in [7, 11) is 1.76. The van der Waals surface area contributed by atoms with Gasteiger partial charge in [-0.15, -0.1) is 0 Å². The van der Waals surface area contributed by atoms with Crippen molar-refractivity contribution in [3.8, 4) is 0 Å². The first-order chi connectivity index (χ1) is 9.19. The third-order valence-corrected chi connectivity index (χ3v) is 3.82. The van der Waals surface area contributed by atoms with Gasteiger partial charge >= 0.3 is 0 Å². The molecular weight excluding hydrogens is 245 g/mol. The molecular formula is C15H22FNO2. The average molecular weight is 267 g/mol. The summed E-state index contributed by atoms with van der Waals surface area (Å²) in [6.07, 6.45) is 2.53. The van der Waals surface area contributed by atoms with E-state index in [1.807, 2.05) is 0 Å². The van der Waals surface area contributed by atoms with Crippen molar-refractivity contribution < 1.29 is 14.2 Å². The maximum atomic E-state index is 13.1. The zero-order valence-corrected chi connectivity index (χ0v) is 11.4. The van der Waals surface area contributed by atoms with E-state index in [9.17, 15) is 9.50 Å². The molecule has 0 bridgehead atoms. The van der Waals surface area contributed by atoms with E-state index < -0.39 is 6.10 Å². The molecule has 0 spiro atoms. The highest BCUT2D eigenvalue weighted by atomic mass is 19.1. The van der Waals surface area contributed by atoms with Crippen LogP contribution in [0, 0.1) is 5.82 Å². The molecule has 1 aliphatic heterocycles. The van der Waals surface area contributed by atoms with Crippen LogP contribution in [0.2, 0.25) is 0 Å². The highest BCUT2D eigenvalue weighted by molar-refractivity contribution is 5.18. The fraction of sp³-hybridized carbons (Fsp3) is 0.600. The van der Waals surface area contributed by atoms with Gasteiger partial charge in [0, 0.05) is 26.7 Å². The van der Waals surface area contributed by atoms with E-state index in [4.69, 9.17) is 4.74 Å². The number of ether oxygens (including phenoxy) is 1. The third-order valence-electron chi connectivity index (χ3n) is 3.82. The maximum absolute atomic E-state index is 13.1. The number of hydrogen-bond acceptors (Lipinski definition) is 3. The van der Waals surface area contributed by atoms with Gasteiger partial charge in [-0.2, -0.15) is 0 Å². The Morgan fingerprint density at radius 1 is 1.42 bits per heavy atom. The summed E-state index contributed by atoms with van der Waals surface area (Å²) in [6, 6.07) is 6.20. The van der Waals surface area contributed by atoms with E-state index in [2.05, 4.69) is 4.90 Å². The lowest BCUT2D eigenvalue weighted by Crippen LogP contribution is -2.37. The second-order valence-electron chi connectivity index (χ2n) is 5.14. The Hall–Kier alpha value is -0.970. The van der Waals surface area contributed by atoms with Gasteiger partial charge in [0.25, 0.3) is 0 Å². The molecule has 1 heterocycles. The number of rotatable bonds is 5. The van der Waals surface area contributed by atoms with Crippen LogP contribution in [0.3, 0.4) is 0 Å². The summed E-state index contributed by atoms with van der Waals surface area (Å²) in [6.45, 7) is 2.86. The van der Waals surface area contributed by atoms with Crippen LogP contribution < -0.4 is 0 Å². The molecule has 1 aromatic carbocycles. The van der Waals surface area contributed by atoms with E-state index in [1.54, 1.807) is 19.2 Å². The number of piperidine rings is 1. The van der Waals surface area contributed by atoms with Gasteiger partial charge in [0.1, 0.15) is 5.82 Å². The summed E-state index contributed by atoms with van der Waals surface area (Å²) in [4.78, 5) is 2.33. The standard InChI is InChI=1S/C15H22FNO2/c1-19-14-5-8-17(9-6-14)10-7-15(18)12-3-2-4-13(16)11-12/h2-4,11,14-15,18H,5-10H2,1H3. The molecule has 0 radical (unpaired) electrons. The molecule has 0 saturated carbocycles. The zero-order valence-electron chi connectivity index (χ0n) is 11.4. The minimum absolute atomic E-state index is 0.294. The first-order valence-corrected chi connectivity index (χ1v) is 6.87. The van der Waals surface area contributed by atoms with Gasteiger partial charge in [-0.05, 0) is 37.0 Å². The zero-order chi connectivity index (χ0) is 13.7. The minimum atomic E-state index is -0.587. The van der Waals surface area contributed by atoms with Crippen molar-refractivity contribution in [3.05, 3.63) is 35.6 Å². The van der Waals surface area contributed by atoms with Gasteiger partial charge in [-0.1, -0.05) is 12.1 Å². The molecule has 1 aliphatic rings. The number of aliphatic hydroxyl groups is 1. The van der Waals surface area contributed by atoms with Crippen molar-refractivity contribution in [3.63, 3.8) is 0 Å². The number of nitrogens with zero attached hydrogens (tertiary/aromatic N) is 1. The van der Waals surface area contributed by atoms with Gasteiger partial charge in [-0.3, -0.25) is 0 Å². The highest BCUT2D eigenvalue weighted by Crippen LogP contribution is 2.19. The van der Waals surface area contributed by atoms with Crippen LogP contribution >= 0.6 is 0 Å². The summed E-state index contributed by atoms with van der Waals surface area (Å²) in [5.74, 6) is -0.294. The Balaban J connectivity index is 1.76. The maximum Gasteiger partial charge on any atom is 0.123 e. The van der Waals surface area contributed by atoms with Crippen LogP contribution in [0.15, 0.2) is 24.3 Å². The SMILES string of the molecule is COC1CCN(CCC(O)c2cccc(F)c2)CC1. The van der Waals surface area contributed by atoms with Gasteiger partial charge in [0.05, 0.1) is 12.2 Å². The molecule has 1 unspecified atom stereocenters. The summed E-state index contributed by atoms with van der Waals surface area (Å²) >= 11 is 0. The minimum Gasteiger partial charge on any atom is -0.388 e. The summed E-state index contributed by atoms with van der Waals surface area (Å²) in [5.41, 5.74) is 0.659. The summed E-state index contributed by atoms with van der Waals surface area (Å²) in [5, 5.41) is 10.1. The third kappa shape index (κ3) is 4.27. The Kier molecular flexibility index (Phi) is 5.31. The molecule has 2 rings (SSSR count).